The summed E-state index contributed by atoms with van der Waals surface area (Å²) in [5.41, 5.74) is 0. The van der Waals surface area contributed by atoms with Gasteiger partial charge in [-0.3, -0.25) is 4.79 Å². The molecule has 0 aromatic heterocycles. The van der Waals surface area contributed by atoms with Crippen LogP contribution in [0.25, 0.3) is 0 Å². The number of fused-ring (bicyclic) bond motifs is 1. The Labute approximate surface area is 133 Å². The monoisotopic (exact) mass is 310 g/mol. The minimum absolute atomic E-state index is 0.0637. The third-order valence-electron chi connectivity index (χ3n) is 5.80. The Kier molecular flexibility index (Phi) is 5.49. The van der Waals surface area contributed by atoms with Gasteiger partial charge in [-0.05, 0) is 50.7 Å². The molecule has 0 aromatic carbocycles. The highest BCUT2D eigenvalue weighted by Crippen LogP contribution is 2.32. The van der Waals surface area contributed by atoms with Gasteiger partial charge in [0.05, 0.1) is 6.04 Å². The summed E-state index contributed by atoms with van der Waals surface area (Å²) in [6.07, 6.45) is 14.8. The molecule has 1 heterocycles. The smallest absolute Gasteiger partial charge is 0.237 e. The number of rotatable bonds is 3. The Hall–Kier alpha value is -0.220. The molecule has 0 spiro atoms. The second-order valence-electron chi connectivity index (χ2n) is 7.12. The Morgan fingerprint density at radius 3 is 2.62 bits per heavy atom. The Morgan fingerprint density at radius 2 is 1.76 bits per heavy atom. The lowest BCUT2D eigenvalue weighted by atomic mass is 9.77. The first-order chi connectivity index (χ1) is 10.3. The van der Waals surface area contributed by atoms with Crippen LogP contribution in [-0.4, -0.2) is 35.5 Å². The molecule has 1 saturated heterocycles. The molecule has 5 unspecified atom stereocenters. The van der Waals surface area contributed by atoms with Crippen LogP contribution in [0, 0.1) is 5.92 Å². The maximum atomic E-state index is 12.6. The van der Waals surface area contributed by atoms with Gasteiger partial charge in [-0.25, -0.2) is 0 Å². The van der Waals surface area contributed by atoms with Gasteiger partial charge in [-0.1, -0.05) is 25.7 Å². The molecular weight excluding hydrogens is 280 g/mol. The van der Waals surface area contributed by atoms with Gasteiger partial charge in [0.25, 0.3) is 0 Å². The fourth-order valence-corrected chi connectivity index (χ4v) is 5.46. The van der Waals surface area contributed by atoms with Crippen molar-refractivity contribution in [1.29, 1.82) is 0 Å². The van der Waals surface area contributed by atoms with E-state index in [1.54, 1.807) is 0 Å². The molecule has 2 N–H and O–H groups in total. The average molecular weight is 311 g/mol. The lowest BCUT2D eigenvalue weighted by Gasteiger charge is -2.40. The summed E-state index contributed by atoms with van der Waals surface area (Å²) < 4.78 is 0. The molecule has 1 amide bonds. The maximum absolute atomic E-state index is 12.6. The van der Waals surface area contributed by atoms with E-state index in [2.05, 4.69) is 16.9 Å². The Bertz CT molecular complexity index is 363. The van der Waals surface area contributed by atoms with E-state index in [1.807, 2.05) is 11.8 Å². The molecule has 2 saturated carbocycles. The molecule has 120 valence electrons. The summed E-state index contributed by atoms with van der Waals surface area (Å²) in [6, 6.07) is 1.06. The highest BCUT2D eigenvalue weighted by atomic mass is 32.2. The normalized spacial score (nSPS) is 40.3. The zero-order valence-corrected chi connectivity index (χ0v) is 14.1. The van der Waals surface area contributed by atoms with Gasteiger partial charge >= 0.3 is 0 Å². The molecule has 3 rings (SSSR count). The van der Waals surface area contributed by atoms with Gasteiger partial charge in [-0.15, -0.1) is 0 Å². The minimum atomic E-state index is 0.0637. The van der Waals surface area contributed by atoms with E-state index in [9.17, 15) is 4.79 Å². The molecule has 21 heavy (non-hydrogen) atoms. The number of amides is 1. The summed E-state index contributed by atoms with van der Waals surface area (Å²) in [4.78, 5) is 12.6. The lowest BCUT2D eigenvalue weighted by molar-refractivity contribution is -0.125. The predicted molar refractivity (Wildman–Crippen MR) is 89.6 cm³/mol. The molecule has 0 aromatic rings. The van der Waals surface area contributed by atoms with Crippen molar-refractivity contribution in [2.45, 2.75) is 87.6 Å². The molecule has 0 radical (unpaired) electrons. The number of piperidine rings is 1. The van der Waals surface area contributed by atoms with Gasteiger partial charge in [-0.2, -0.15) is 11.8 Å². The Balaban J connectivity index is 1.53. The van der Waals surface area contributed by atoms with Crippen molar-refractivity contribution < 1.29 is 4.79 Å². The second-order valence-corrected chi connectivity index (χ2v) is 8.20. The van der Waals surface area contributed by atoms with Crippen LogP contribution in [0.15, 0.2) is 0 Å². The van der Waals surface area contributed by atoms with Gasteiger partial charge in [0.2, 0.25) is 5.91 Å². The van der Waals surface area contributed by atoms with Gasteiger partial charge < -0.3 is 10.6 Å². The molecule has 2 aliphatic carbocycles. The summed E-state index contributed by atoms with van der Waals surface area (Å²) in [5.74, 6) is 1.10. The van der Waals surface area contributed by atoms with Crippen molar-refractivity contribution in [2.24, 2.45) is 5.92 Å². The summed E-state index contributed by atoms with van der Waals surface area (Å²) in [6.45, 7) is 0. The van der Waals surface area contributed by atoms with Crippen LogP contribution in [0.4, 0.5) is 0 Å². The van der Waals surface area contributed by atoms with E-state index in [0.717, 1.165) is 18.8 Å². The largest absolute Gasteiger partial charge is 0.351 e. The van der Waals surface area contributed by atoms with Gasteiger partial charge in [0.15, 0.2) is 0 Å². The quantitative estimate of drug-likeness (QED) is 0.841. The molecule has 3 aliphatic rings. The number of hydrogen-bond donors (Lipinski definition) is 2. The van der Waals surface area contributed by atoms with Crippen LogP contribution in [0.5, 0.6) is 0 Å². The van der Waals surface area contributed by atoms with Crippen LogP contribution in [0.1, 0.15) is 64.2 Å². The van der Waals surface area contributed by atoms with E-state index in [1.165, 1.54) is 51.4 Å². The van der Waals surface area contributed by atoms with Crippen molar-refractivity contribution >= 4 is 17.7 Å². The van der Waals surface area contributed by atoms with E-state index in [4.69, 9.17) is 0 Å². The van der Waals surface area contributed by atoms with Crippen molar-refractivity contribution in [3.63, 3.8) is 0 Å². The third kappa shape index (κ3) is 3.76. The molecule has 0 bridgehead atoms. The molecule has 3 nitrogen and oxygen atoms in total. The van der Waals surface area contributed by atoms with E-state index in [-0.39, 0.29) is 11.9 Å². The predicted octanol–water partition coefficient (Wildman–Crippen LogP) is 3.09. The molecule has 3 fully saturated rings. The molecule has 5 atom stereocenters. The van der Waals surface area contributed by atoms with Gasteiger partial charge in [0, 0.05) is 17.3 Å². The first-order valence-corrected chi connectivity index (χ1v) is 10.2. The van der Waals surface area contributed by atoms with Crippen LogP contribution in [-0.2, 0) is 4.79 Å². The van der Waals surface area contributed by atoms with E-state index >= 15 is 0 Å². The fraction of sp³-hybridized carbons (Fsp3) is 0.941. The summed E-state index contributed by atoms with van der Waals surface area (Å²) in [7, 11) is 0. The van der Waals surface area contributed by atoms with Crippen LogP contribution >= 0.6 is 11.8 Å². The molecular formula is C17H30N2OS. The third-order valence-corrected chi connectivity index (χ3v) is 6.97. The number of thioether (sulfide) groups is 1. The van der Waals surface area contributed by atoms with Crippen molar-refractivity contribution in [2.75, 3.05) is 6.26 Å². The van der Waals surface area contributed by atoms with E-state index < -0.39 is 0 Å². The molecule has 1 aliphatic heterocycles. The van der Waals surface area contributed by atoms with Crippen LogP contribution < -0.4 is 10.6 Å². The molecule has 4 heteroatoms. The van der Waals surface area contributed by atoms with Gasteiger partial charge in [0.1, 0.15) is 0 Å². The van der Waals surface area contributed by atoms with Crippen molar-refractivity contribution in [3.8, 4) is 0 Å². The second kappa shape index (κ2) is 7.36. The topological polar surface area (TPSA) is 41.1 Å². The van der Waals surface area contributed by atoms with E-state index in [0.29, 0.717) is 17.3 Å². The first kappa shape index (κ1) is 15.7. The average Bonchev–Trinajstić information content (AvgIpc) is 2.55. The lowest BCUT2D eigenvalue weighted by Crippen LogP contribution is -2.57. The standard InChI is InChI=1S/C17H30N2OS/c1-21-16-9-5-4-8-14(16)19-17(20)15-11-10-12-6-2-3-7-13(12)18-15/h12-16,18H,2-11H2,1H3,(H,19,20). The maximum Gasteiger partial charge on any atom is 0.237 e. The number of carbonyl (C=O) groups excluding carboxylic acids is 1. The Morgan fingerprint density at radius 1 is 1.00 bits per heavy atom. The van der Waals surface area contributed by atoms with Crippen LogP contribution in [0.3, 0.4) is 0 Å². The zero-order chi connectivity index (χ0) is 14.7. The van der Waals surface area contributed by atoms with Crippen molar-refractivity contribution in [1.82, 2.24) is 10.6 Å². The SMILES string of the molecule is CSC1CCCCC1NC(=O)C1CCC2CCCCC2N1. The zero-order valence-electron chi connectivity index (χ0n) is 13.3. The number of carbonyl (C=O) groups is 1. The fourth-order valence-electron chi connectivity index (χ4n) is 4.53. The van der Waals surface area contributed by atoms with Crippen molar-refractivity contribution in [3.05, 3.63) is 0 Å². The summed E-state index contributed by atoms with van der Waals surface area (Å²) >= 11 is 1.93. The number of nitrogens with one attached hydrogen (secondary N) is 2. The minimum Gasteiger partial charge on any atom is -0.351 e. The summed E-state index contributed by atoms with van der Waals surface area (Å²) in [5, 5.41) is 7.64. The highest BCUT2D eigenvalue weighted by molar-refractivity contribution is 7.99. The first-order valence-electron chi connectivity index (χ1n) is 8.87. The highest BCUT2D eigenvalue weighted by Gasteiger charge is 2.35. The number of hydrogen-bond acceptors (Lipinski definition) is 3. The van der Waals surface area contributed by atoms with Crippen LogP contribution in [0.2, 0.25) is 0 Å².